The van der Waals surface area contributed by atoms with Gasteiger partial charge in [-0.3, -0.25) is 4.98 Å². The Morgan fingerprint density at radius 1 is 1.28 bits per heavy atom. The van der Waals surface area contributed by atoms with Crippen molar-refractivity contribution in [3.63, 3.8) is 0 Å². The molecule has 0 unspecified atom stereocenters. The van der Waals surface area contributed by atoms with Crippen LogP contribution in [0.25, 0.3) is 0 Å². The molecular weight excluding hydrogens is 312 g/mol. The van der Waals surface area contributed by atoms with Gasteiger partial charge in [0.05, 0.1) is 18.1 Å². The van der Waals surface area contributed by atoms with E-state index < -0.39 is 0 Å². The number of pyridine rings is 1. The van der Waals surface area contributed by atoms with E-state index >= 15 is 0 Å². The minimum absolute atomic E-state index is 0.759. The Balaban J connectivity index is 1.96. The van der Waals surface area contributed by atoms with Crippen LogP contribution in [0.15, 0.2) is 40.2 Å². The lowest BCUT2D eigenvalue weighted by Gasteiger charge is -2.04. The fourth-order valence-corrected chi connectivity index (χ4v) is 2.69. The second-order valence-electron chi connectivity index (χ2n) is 3.50. The number of halogens is 1. The largest absolute Gasteiger partial charge is 0.369 e. The van der Waals surface area contributed by atoms with E-state index in [1.807, 2.05) is 19.1 Å². The molecular formula is C12H13BrN4S. The van der Waals surface area contributed by atoms with Crippen molar-refractivity contribution in [2.24, 2.45) is 0 Å². The average molecular weight is 325 g/mol. The van der Waals surface area contributed by atoms with Crippen LogP contribution in [0.3, 0.4) is 0 Å². The highest BCUT2D eigenvalue weighted by Crippen LogP contribution is 2.26. The van der Waals surface area contributed by atoms with Gasteiger partial charge in [0.1, 0.15) is 10.8 Å². The maximum absolute atomic E-state index is 4.35. The molecule has 0 amide bonds. The number of rotatable bonds is 5. The van der Waals surface area contributed by atoms with Crippen LogP contribution in [-0.4, -0.2) is 21.5 Å². The number of nitrogens with one attached hydrogen (secondary N) is 1. The molecule has 0 saturated heterocycles. The molecule has 0 aliphatic carbocycles. The van der Waals surface area contributed by atoms with Crippen molar-refractivity contribution in [3.8, 4) is 0 Å². The molecule has 0 aliphatic heterocycles. The van der Waals surface area contributed by atoms with Crippen LogP contribution in [0.4, 0.5) is 5.82 Å². The van der Waals surface area contributed by atoms with E-state index in [9.17, 15) is 0 Å². The second kappa shape index (κ2) is 6.70. The van der Waals surface area contributed by atoms with Crippen LogP contribution in [0.2, 0.25) is 0 Å². The normalized spacial score (nSPS) is 10.3. The molecule has 0 spiro atoms. The topological polar surface area (TPSA) is 50.7 Å². The third-order valence-corrected chi connectivity index (χ3v) is 4.09. The van der Waals surface area contributed by atoms with Crippen molar-refractivity contribution < 1.29 is 0 Å². The fourth-order valence-electron chi connectivity index (χ4n) is 1.32. The lowest BCUT2D eigenvalue weighted by Crippen LogP contribution is -2.00. The predicted octanol–water partition coefficient (Wildman–Crippen LogP) is 3.36. The minimum atomic E-state index is 0.759. The third kappa shape index (κ3) is 3.68. The third-order valence-electron chi connectivity index (χ3n) is 2.14. The van der Waals surface area contributed by atoms with Crippen LogP contribution in [0.5, 0.6) is 0 Å². The van der Waals surface area contributed by atoms with Crippen LogP contribution in [-0.2, 0) is 5.75 Å². The van der Waals surface area contributed by atoms with Gasteiger partial charge in [-0.2, -0.15) is 0 Å². The van der Waals surface area contributed by atoms with E-state index in [0.29, 0.717) is 0 Å². The first-order valence-corrected chi connectivity index (χ1v) is 7.35. The lowest BCUT2D eigenvalue weighted by atomic mass is 10.5. The number of nitrogens with zero attached hydrogens (tertiary/aromatic N) is 3. The molecule has 0 saturated carbocycles. The first kappa shape index (κ1) is 13.3. The van der Waals surface area contributed by atoms with Crippen LogP contribution in [0, 0.1) is 0 Å². The maximum atomic E-state index is 4.35. The van der Waals surface area contributed by atoms with Gasteiger partial charge in [-0.1, -0.05) is 11.8 Å². The Morgan fingerprint density at radius 3 is 2.83 bits per heavy atom. The number of anilines is 1. The Hall–Kier alpha value is -1.14. The van der Waals surface area contributed by atoms with Gasteiger partial charge in [0.15, 0.2) is 0 Å². The van der Waals surface area contributed by atoms with Gasteiger partial charge in [0, 0.05) is 23.0 Å². The van der Waals surface area contributed by atoms with Gasteiger partial charge < -0.3 is 5.32 Å². The quantitative estimate of drug-likeness (QED) is 0.854. The minimum Gasteiger partial charge on any atom is -0.369 e. The number of thioether (sulfide) groups is 1. The van der Waals surface area contributed by atoms with Gasteiger partial charge in [0.2, 0.25) is 0 Å². The molecule has 0 bridgehead atoms. The molecule has 2 aromatic heterocycles. The number of hydrogen-bond acceptors (Lipinski definition) is 5. The van der Waals surface area contributed by atoms with E-state index in [0.717, 1.165) is 33.3 Å². The van der Waals surface area contributed by atoms with Crippen LogP contribution >= 0.6 is 27.7 Å². The second-order valence-corrected chi connectivity index (χ2v) is 5.32. The van der Waals surface area contributed by atoms with Gasteiger partial charge in [-0.25, -0.2) is 9.97 Å². The molecule has 0 radical (unpaired) electrons. The summed E-state index contributed by atoms with van der Waals surface area (Å²) in [5, 5.41) is 4.09. The van der Waals surface area contributed by atoms with Gasteiger partial charge in [-0.05, 0) is 35.0 Å². The maximum Gasteiger partial charge on any atom is 0.144 e. The van der Waals surface area contributed by atoms with Gasteiger partial charge in [0.25, 0.3) is 0 Å². The molecule has 2 heterocycles. The first-order valence-electron chi connectivity index (χ1n) is 5.57. The number of aromatic nitrogens is 3. The Kier molecular flexibility index (Phi) is 4.95. The number of hydrogen-bond donors (Lipinski definition) is 1. The molecule has 2 aromatic rings. The zero-order valence-electron chi connectivity index (χ0n) is 9.93. The molecule has 0 atom stereocenters. The van der Waals surface area contributed by atoms with E-state index in [1.54, 1.807) is 30.4 Å². The first-order chi connectivity index (χ1) is 8.79. The summed E-state index contributed by atoms with van der Waals surface area (Å²) < 4.78 is 1.01. The summed E-state index contributed by atoms with van der Waals surface area (Å²) in [4.78, 5) is 12.9. The summed E-state index contributed by atoms with van der Waals surface area (Å²) in [5.41, 5.74) is 0.944. The Labute approximate surface area is 119 Å². The average Bonchev–Trinajstić information content (AvgIpc) is 2.40. The molecule has 4 nitrogen and oxygen atoms in total. The summed E-state index contributed by atoms with van der Waals surface area (Å²) >= 11 is 5.11. The molecule has 0 fully saturated rings. The predicted molar refractivity (Wildman–Crippen MR) is 77.7 cm³/mol. The Morgan fingerprint density at radius 2 is 2.17 bits per heavy atom. The van der Waals surface area contributed by atoms with Crippen molar-refractivity contribution in [2.45, 2.75) is 17.7 Å². The Bertz CT molecular complexity index is 504. The molecule has 18 heavy (non-hydrogen) atoms. The van der Waals surface area contributed by atoms with E-state index in [4.69, 9.17) is 0 Å². The van der Waals surface area contributed by atoms with E-state index in [2.05, 4.69) is 36.2 Å². The highest BCUT2D eigenvalue weighted by Gasteiger charge is 2.03. The summed E-state index contributed by atoms with van der Waals surface area (Å²) in [5.74, 6) is 1.57. The molecule has 1 N–H and O–H groups in total. The molecule has 0 aromatic carbocycles. The van der Waals surface area contributed by atoms with Crippen molar-refractivity contribution >= 4 is 33.5 Å². The fraction of sp³-hybridized carbons (Fsp3) is 0.250. The molecule has 94 valence electrons. The molecule has 6 heteroatoms. The van der Waals surface area contributed by atoms with Crippen molar-refractivity contribution in [1.82, 2.24) is 15.0 Å². The van der Waals surface area contributed by atoms with Crippen LogP contribution < -0.4 is 5.32 Å². The van der Waals surface area contributed by atoms with Crippen molar-refractivity contribution in [2.75, 3.05) is 11.9 Å². The zero-order chi connectivity index (χ0) is 12.8. The molecule has 2 rings (SSSR count). The summed E-state index contributed by atoms with van der Waals surface area (Å²) in [7, 11) is 0. The van der Waals surface area contributed by atoms with Gasteiger partial charge in [-0.15, -0.1) is 0 Å². The van der Waals surface area contributed by atoms with Crippen molar-refractivity contribution in [1.29, 1.82) is 0 Å². The summed E-state index contributed by atoms with van der Waals surface area (Å²) in [6, 6.07) is 3.88. The monoisotopic (exact) mass is 324 g/mol. The van der Waals surface area contributed by atoms with Crippen LogP contribution in [0.1, 0.15) is 12.6 Å². The summed E-state index contributed by atoms with van der Waals surface area (Å²) in [6.07, 6.45) is 5.34. The van der Waals surface area contributed by atoms with E-state index in [1.165, 1.54) is 0 Å². The van der Waals surface area contributed by atoms with Gasteiger partial charge >= 0.3 is 0 Å². The molecule has 0 aliphatic rings. The SMILES string of the molecule is CCNc1cnc(CSc2ncccc2Br)cn1. The highest BCUT2D eigenvalue weighted by atomic mass is 79.9. The smallest absolute Gasteiger partial charge is 0.144 e. The lowest BCUT2D eigenvalue weighted by molar-refractivity contribution is 1.06. The van der Waals surface area contributed by atoms with Crippen molar-refractivity contribution in [3.05, 3.63) is 40.9 Å². The summed E-state index contributed by atoms with van der Waals surface area (Å²) in [6.45, 7) is 2.88. The zero-order valence-corrected chi connectivity index (χ0v) is 12.3. The standard InChI is InChI=1S/C12H13BrN4S/c1-2-14-11-7-16-9(6-17-11)8-18-12-10(13)4-3-5-15-12/h3-7H,2,8H2,1H3,(H,14,17). The highest BCUT2D eigenvalue weighted by molar-refractivity contribution is 9.10. The van der Waals surface area contributed by atoms with E-state index in [-0.39, 0.29) is 0 Å².